The second kappa shape index (κ2) is 7.34. The van der Waals surface area contributed by atoms with Gasteiger partial charge in [-0.25, -0.2) is 4.98 Å². The molecule has 1 atom stereocenters. The molecule has 3 rings (SSSR count). The highest BCUT2D eigenvalue weighted by Gasteiger charge is 2.28. The van der Waals surface area contributed by atoms with Crippen LogP contribution >= 0.6 is 0 Å². The van der Waals surface area contributed by atoms with Crippen LogP contribution in [0.2, 0.25) is 0 Å². The number of hydrogen-bond acceptors (Lipinski definition) is 6. The van der Waals surface area contributed by atoms with Crippen LogP contribution in [0.25, 0.3) is 0 Å². The van der Waals surface area contributed by atoms with Crippen LogP contribution in [0.3, 0.4) is 0 Å². The minimum absolute atomic E-state index is 0.0815. The largest absolute Gasteiger partial charge is 0.481 e. The molecule has 2 fully saturated rings. The number of ether oxygens (including phenoxy) is 2. The van der Waals surface area contributed by atoms with Gasteiger partial charge in [0.1, 0.15) is 6.10 Å². The summed E-state index contributed by atoms with van der Waals surface area (Å²) < 4.78 is 10.9. The molecule has 0 spiro atoms. The summed E-state index contributed by atoms with van der Waals surface area (Å²) >= 11 is 0. The predicted octanol–water partition coefficient (Wildman–Crippen LogP) is 1.26. The van der Waals surface area contributed by atoms with Crippen molar-refractivity contribution in [1.29, 1.82) is 0 Å². The molecule has 0 radical (unpaired) electrons. The molecule has 1 saturated heterocycles. The summed E-state index contributed by atoms with van der Waals surface area (Å²) in [6.07, 6.45) is 2.12. The highest BCUT2D eigenvalue weighted by Crippen LogP contribution is 2.29. The first kappa shape index (κ1) is 17.0. The standard InChI is InChI=1S/C17H26N4O3/c1-12-10-15(23-3)19-17(18-12)21-8-6-20(7-9-21)16(22)13(2)24-11-14-4-5-14/h10,13-14H,4-9,11H2,1-3H3. The van der Waals surface area contributed by atoms with Crippen molar-refractivity contribution in [3.05, 3.63) is 11.8 Å². The molecule has 1 aromatic heterocycles. The SMILES string of the molecule is COc1cc(C)nc(N2CCN(C(=O)C(C)OCC3CC3)CC2)n1. The van der Waals surface area contributed by atoms with E-state index >= 15 is 0 Å². The summed E-state index contributed by atoms with van der Waals surface area (Å²) in [4.78, 5) is 25.3. The number of amides is 1. The normalized spacial score (nSPS) is 19.3. The summed E-state index contributed by atoms with van der Waals surface area (Å²) in [7, 11) is 1.60. The number of methoxy groups -OCH3 is 1. The number of anilines is 1. The minimum atomic E-state index is -0.354. The predicted molar refractivity (Wildman–Crippen MR) is 90.3 cm³/mol. The molecule has 1 unspecified atom stereocenters. The van der Waals surface area contributed by atoms with Crippen molar-refractivity contribution in [3.8, 4) is 5.88 Å². The second-order valence-corrected chi connectivity index (χ2v) is 6.58. The number of piperazine rings is 1. The Morgan fingerprint density at radius 3 is 2.62 bits per heavy atom. The monoisotopic (exact) mass is 334 g/mol. The molecule has 0 aromatic carbocycles. The summed E-state index contributed by atoms with van der Waals surface area (Å²) in [5, 5.41) is 0. The molecule has 24 heavy (non-hydrogen) atoms. The first-order valence-electron chi connectivity index (χ1n) is 8.62. The lowest BCUT2D eigenvalue weighted by molar-refractivity contribution is -0.143. The van der Waals surface area contributed by atoms with E-state index in [0.29, 0.717) is 50.5 Å². The van der Waals surface area contributed by atoms with Crippen LogP contribution in [0.4, 0.5) is 5.95 Å². The molecule has 0 N–H and O–H groups in total. The van der Waals surface area contributed by atoms with Gasteiger partial charge in [-0.15, -0.1) is 0 Å². The maximum Gasteiger partial charge on any atom is 0.251 e. The van der Waals surface area contributed by atoms with Crippen molar-refractivity contribution in [2.24, 2.45) is 5.92 Å². The van der Waals surface area contributed by atoms with E-state index in [-0.39, 0.29) is 12.0 Å². The minimum Gasteiger partial charge on any atom is -0.481 e. The molecular weight excluding hydrogens is 308 g/mol. The summed E-state index contributed by atoms with van der Waals surface area (Å²) in [5.41, 5.74) is 0.873. The Morgan fingerprint density at radius 1 is 1.29 bits per heavy atom. The quantitative estimate of drug-likeness (QED) is 0.780. The molecule has 1 saturated carbocycles. The Hall–Kier alpha value is -1.89. The molecule has 0 bridgehead atoms. The first-order chi connectivity index (χ1) is 11.6. The highest BCUT2D eigenvalue weighted by molar-refractivity contribution is 5.80. The van der Waals surface area contributed by atoms with Gasteiger partial charge in [-0.3, -0.25) is 4.79 Å². The van der Waals surface area contributed by atoms with Gasteiger partial charge in [0.05, 0.1) is 13.7 Å². The molecule has 1 aliphatic heterocycles. The van der Waals surface area contributed by atoms with Gasteiger partial charge in [-0.05, 0) is 32.6 Å². The van der Waals surface area contributed by atoms with Crippen molar-refractivity contribution in [2.45, 2.75) is 32.8 Å². The molecule has 1 aromatic rings. The zero-order valence-corrected chi connectivity index (χ0v) is 14.7. The van der Waals surface area contributed by atoms with Gasteiger partial charge >= 0.3 is 0 Å². The van der Waals surface area contributed by atoms with E-state index in [1.54, 1.807) is 7.11 Å². The third-order valence-corrected chi connectivity index (χ3v) is 4.53. The van der Waals surface area contributed by atoms with E-state index in [0.717, 1.165) is 5.69 Å². The van der Waals surface area contributed by atoms with Crippen molar-refractivity contribution in [1.82, 2.24) is 14.9 Å². The summed E-state index contributed by atoms with van der Waals surface area (Å²) in [5.74, 6) is 1.98. The average Bonchev–Trinajstić information content (AvgIpc) is 3.43. The molecule has 1 aliphatic carbocycles. The van der Waals surface area contributed by atoms with Crippen LogP contribution < -0.4 is 9.64 Å². The van der Waals surface area contributed by atoms with Crippen LogP contribution in [0, 0.1) is 12.8 Å². The number of aryl methyl sites for hydroxylation is 1. The number of carbonyl (C=O) groups excluding carboxylic acids is 1. The summed E-state index contributed by atoms with van der Waals surface area (Å²) in [6.45, 7) is 7.24. The van der Waals surface area contributed by atoms with Crippen molar-refractivity contribution in [3.63, 3.8) is 0 Å². The van der Waals surface area contributed by atoms with Crippen molar-refractivity contribution in [2.75, 3.05) is 44.8 Å². The molecule has 1 amide bonds. The van der Waals surface area contributed by atoms with E-state index < -0.39 is 0 Å². The lowest BCUT2D eigenvalue weighted by atomic mass is 10.2. The molecule has 7 heteroatoms. The zero-order valence-electron chi connectivity index (χ0n) is 14.7. The Kier molecular flexibility index (Phi) is 5.18. The molecular formula is C17H26N4O3. The Bertz CT molecular complexity index is 583. The van der Waals surface area contributed by atoms with E-state index in [1.165, 1.54) is 12.8 Å². The first-order valence-corrected chi connectivity index (χ1v) is 8.62. The lowest BCUT2D eigenvalue weighted by Crippen LogP contribution is -2.52. The second-order valence-electron chi connectivity index (χ2n) is 6.58. The Balaban J connectivity index is 1.53. The van der Waals surface area contributed by atoms with Crippen molar-refractivity contribution >= 4 is 11.9 Å². The molecule has 2 heterocycles. The van der Waals surface area contributed by atoms with Gasteiger partial charge in [-0.1, -0.05) is 0 Å². The number of aromatic nitrogens is 2. The number of hydrogen-bond donors (Lipinski definition) is 0. The maximum atomic E-state index is 12.5. The average molecular weight is 334 g/mol. The number of carbonyl (C=O) groups is 1. The molecule has 7 nitrogen and oxygen atoms in total. The lowest BCUT2D eigenvalue weighted by Gasteiger charge is -2.36. The van der Waals surface area contributed by atoms with Crippen LogP contribution in [-0.2, 0) is 9.53 Å². The zero-order chi connectivity index (χ0) is 17.1. The Morgan fingerprint density at radius 2 is 2.00 bits per heavy atom. The van der Waals surface area contributed by atoms with Gasteiger partial charge in [-0.2, -0.15) is 4.98 Å². The highest BCUT2D eigenvalue weighted by atomic mass is 16.5. The van der Waals surface area contributed by atoms with Gasteiger partial charge in [0.25, 0.3) is 5.91 Å². The Labute approximate surface area is 143 Å². The third-order valence-electron chi connectivity index (χ3n) is 4.53. The fourth-order valence-corrected chi connectivity index (χ4v) is 2.79. The molecule has 2 aliphatic rings. The van der Waals surface area contributed by atoms with Crippen LogP contribution in [-0.4, -0.2) is 66.8 Å². The fraction of sp³-hybridized carbons (Fsp3) is 0.706. The maximum absolute atomic E-state index is 12.5. The van der Waals surface area contributed by atoms with Gasteiger partial charge in [0, 0.05) is 37.9 Å². The smallest absolute Gasteiger partial charge is 0.251 e. The topological polar surface area (TPSA) is 67.8 Å². The van der Waals surface area contributed by atoms with Gasteiger partial charge < -0.3 is 19.3 Å². The fourth-order valence-electron chi connectivity index (χ4n) is 2.79. The van der Waals surface area contributed by atoms with E-state index in [1.807, 2.05) is 24.8 Å². The molecule has 132 valence electrons. The van der Waals surface area contributed by atoms with E-state index in [2.05, 4.69) is 14.9 Å². The number of rotatable bonds is 6. The third kappa shape index (κ3) is 4.14. The van der Waals surface area contributed by atoms with Gasteiger partial charge in [0.15, 0.2) is 0 Å². The van der Waals surface area contributed by atoms with Crippen LogP contribution in [0.1, 0.15) is 25.5 Å². The van der Waals surface area contributed by atoms with Crippen LogP contribution in [0.5, 0.6) is 5.88 Å². The van der Waals surface area contributed by atoms with E-state index in [4.69, 9.17) is 9.47 Å². The van der Waals surface area contributed by atoms with Gasteiger partial charge in [0.2, 0.25) is 11.8 Å². The van der Waals surface area contributed by atoms with Crippen molar-refractivity contribution < 1.29 is 14.3 Å². The summed E-state index contributed by atoms with van der Waals surface area (Å²) in [6, 6.07) is 1.81. The van der Waals surface area contributed by atoms with Crippen LogP contribution in [0.15, 0.2) is 6.07 Å². The van der Waals surface area contributed by atoms with E-state index in [9.17, 15) is 4.79 Å². The number of nitrogens with zero attached hydrogens (tertiary/aromatic N) is 4.